The third-order valence-electron chi connectivity index (χ3n) is 2.29. The lowest BCUT2D eigenvalue weighted by Gasteiger charge is -2.32. The van der Waals surface area contributed by atoms with Crippen LogP contribution < -0.4 is 0 Å². The van der Waals surface area contributed by atoms with Crippen molar-refractivity contribution in [1.82, 2.24) is 0 Å². The number of rotatable bonds is 4. The van der Waals surface area contributed by atoms with E-state index in [-0.39, 0.29) is 18.0 Å². The molecule has 1 saturated heterocycles. The Morgan fingerprint density at radius 1 is 1.45 bits per heavy atom. The molecule has 2 heteroatoms. The number of ether oxygens (including phenoxy) is 1. The van der Waals surface area contributed by atoms with Gasteiger partial charge in [-0.2, -0.15) is 0 Å². The molecule has 1 heterocycles. The summed E-state index contributed by atoms with van der Waals surface area (Å²) in [7, 11) is 0. The molecular weight excluding hydrogens is 140 g/mol. The highest BCUT2D eigenvalue weighted by atomic mass is 16.6. The molecule has 0 aromatic rings. The summed E-state index contributed by atoms with van der Waals surface area (Å²) in [4.78, 5) is 10.7. The van der Waals surface area contributed by atoms with E-state index in [1.165, 1.54) is 19.3 Å². The van der Waals surface area contributed by atoms with Crippen LogP contribution in [0.5, 0.6) is 0 Å². The van der Waals surface area contributed by atoms with E-state index in [1.807, 2.05) is 6.92 Å². The van der Waals surface area contributed by atoms with E-state index < -0.39 is 0 Å². The van der Waals surface area contributed by atoms with Crippen LogP contribution in [0, 0.1) is 5.92 Å². The van der Waals surface area contributed by atoms with Gasteiger partial charge in [-0.15, -0.1) is 0 Å². The molecule has 1 aliphatic rings. The fourth-order valence-corrected chi connectivity index (χ4v) is 1.34. The second kappa shape index (κ2) is 3.74. The maximum Gasteiger partial charge on any atom is 0.312 e. The molecule has 0 amide bonds. The predicted molar refractivity (Wildman–Crippen MR) is 43.2 cm³/mol. The number of hydrogen-bond acceptors (Lipinski definition) is 2. The molecule has 0 aromatic carbocycles. The van der Waals surface area contributed by atoms with Gasteiger partial charge in [0.05, 0.1) is 5.92 Å². The third kappa shape index (κ3) is 1.95. The average Bonchev–Trinajstić information content (AvgIpc) is 2.03. The fourth-order valence-electron chi connectivity index (χ4n) is 1.34. The highest BCUT2D eigenvalue weighted by Gasteiger charge is 2.37. The van der Waals surface area contributed by atoms with Gasteiger partial charge in [-0.05, 0) is 19.8 Å². The van der Waals surface area contributed by atoms with Crippen molar-refractivity contribution in [3.05, 3.63) is 0 Å². The summed E-state index contributed by atoms with van der Waals surface area (Å²) in [6.45, 7) is 4.12. The number of unbranched alkanes of at least 4 members (excludes halogenated alkanes) is 2. The largest absolute Gasteiger partial charge is 0.461 e. The Labute approximate surface area is 67.9 Å². The normalized spacial score (nSPS) is 29.5. The Kier molecular flexibility index (Phi) is 2.92. The van der Waals surface area contributed by atoms with Crippen LogP contribution in [-0.4, -0.2) is 12.1 Å². The molecule has 64 valence electrons. The van der Waals surface area contributed by atoms with E-state index in [2.05, 4.69) is 6.92 Å². The maximum absolute atomic E-state index is 10.7. The molecule has 1 aliphatic heterocycles. The second-order valence-corrected chi connectivity index (χ2v) is 3.26. The Morgan fingerprint density at radius 2 is 2.18 bits per heavy atom. The van der Waals surface area contributed by atoms with Gasteiger partial charge in [-0.1, -0.05) is 19.8 Å². The van der Waals surface area contributed by atoms with Crippen LogP contribution in [0.25, 0.3) is 0 Å². The molecule has 0 radical (unpaired) electrons. The topological polar surface area (TPSA) is 26.3 Å². The highest BCUT2D eigenvalue weighted by molar-refractivity contribution is 5.77. The summed E-state index contributed by atoms with van der Waals surface area (Å²) in [5, 5.41) is 0. The smallest absolute Gasteiger partial charge is 0.312 e. The first kappa shape index (κ1) is 8.57. The van der Waals surface area contributed by atoms with Crippen LogP contribution in [0.4, 0.5) is 0 Å². The zero-order chi connectivity index (χ0) is 8.27. The van der Waals surface area contributed by atoms with Crippen molar-refractivity contribution in [3.8, 4) is 0 Å². The lowest BCUT2D eigenvalue weighted by molar-refractivity contribution is -0.183. The molecule has 0 aromatic heterocycles. The van der Waals surface area contributed by atoms with Gasteiger partial charge in [-0.25, -0.2) is 0 Å². The van der Waals surface area contributed by atoms with Crippen molar-refractivity contribution in [1.29, 1.82) is 0 Å². The van der Waals surface area contributed by atoms with Gasteiger partial charge in [0, 0.05) is 0 Å². The summed E-state index contributed by atoms with van der Waals surface area (Å²) in [6, 6.07) is 0. The predicted octanol–water partition coefficient (Wildman–Crippen LogP) is 2.13. The van der Waals surface area contributed by atoms with Gasteiger partial charge < -0.3 is 4.74 Å². The third-order valence-corrected chi connectivity index (χ3v) is 2.29. The number of cyclic esters (lactones) is 1. The molecule has 2 nitrogen and oxygen atoms in total. The molecule has 11 heavy (non-hydrogen) atoms. The van der Waals surface area contributed by atoms with Crippen molar-refractivity contribution in [3.63, 3.8) is 0 Å². The maximum atomic E-state index is 10.7. The number of carbonyl (C=O) groups excluding carboxylic acids is 1. The van der Waals surface area contributed by atoms with E-state index in [9.17, 15) is 4.79 Å². The van der Waals surface area contributed by atoms with Crippen molar-refractivity contribution < 1.29 is 9.53 Å². The molecule has 0 aliphatic carbocycles. The molecular formula is C9H16O2. The fraction of sp³-hybridized carbons (Fsp3) is 0.889. The Morgan fingerprint density at radius 3 is 2.64 bits per heavy atom. The zero-order valence-electron chi connectivity index (χ0n) is 7.30. The summed E-state index contributed by atoms with van der Waals surface area (Å²) >= 11 is 0. The number of esters is 1. The van der Waals surface area contributed by atoms with Gasteiger partial charge >= 0.3 is 5.97 Å². The Hall–Kier alpha value is -0.530. The summed E-state index contributed by atoms with van der Waals surface area (Å²) in [5.41, 5.74) is 0. The quantitative estimate of drug-likeness (QED) is 0.460. The minimum absolute atomic E-state index is 0.0218. The van der Waals surface area contributed by atoms with Crippen LogP contribution in [0.1, 0.15) is 39.5 Å². The van der Waals surface area contributed by atoms with Gasteiger partial charge in [-0.3, -0.25) is 4.79 Å². The van der Waals surface area contributed by atoms with E-state index in [1.54, 1.807) is 0 Å². The summed E-state index contributed by atoms with van der Waals surface area (Å²) < 4.78 is 4.96. The van der Waals surface area contributed by atoms with Gasteiger partial charge in [0.2, 0.25) is 0 Å². The standard InChI is InChI=1S/C9H16O2/c1-3-4-5-6-8-7(2)9(10)11-8/h7-8H,3-6H2,1-2H3/t7-,8?/m0/s1. The molecule has 1 rings (SSSR count). The molecule has 1 unspecified atom stereocenters. The van der Waals surface area contributed by atoms with Crippen molar-refractivity contribution in [2.45, 2.75) is 45.6 Å². The van der Waals surface area contributed by atoms with Gasteiger partial charge in [0.1, 0.15) is 6.10 Å². The van der Waals surface area contributed by atoms with E-state index in [0.29, 0.717) is 0 Å². The van der Waals surface area contributed by atoms with E-state index in [0.717, 1.165) is 6.42 Å². The summed E-state index contributed by atoms with van der Waals surface area (Å²) in [5.74, 6) is 0.137. The van der Waals surface area contributed by atoms with E-state index in [4.69, 9.17) is 4.74 Å². The SMILES string of the molecule is CCCCCC1OC(=O)[C@H]1C. The average molecular weight is 156 g/mol. The van der Waals surface area contributed by atoms with Crippen LogP contribution in [0.15, 0.2) is 0 Å². The molecule has 0 spiro atoms. The first-order chi connectivity index (χ1) is 5.25. The van der Waals surface area contributed by atoms with Crippen molar-refractivity contribution in [2.24, 2.45) is 5.92 Å². The first-order valence-electron chi connectivity index (χ1n) is 4.46. The van der Waals surface area contributed by atoms with Crippen LogP contribution in [0.3, 0.4) is 0 Å². The van der Waals surface area contributed by atoms with Crippen molar-refractivity contribution in [2.75, 3.05) is 0 Å². The molecule has 0 N–H and O–H groups in total. The van der Waals surface area contributed by atoms with Gasteiger partial charge in [0.15, 0.2) is 0 Å². The van der Waals surface area contributed by atoms with Crippen LogP contribution in [0.2, 0.25) is 0 Å². The zero-order valence-corrected chi connectivity index (χ0v) is 7.30. The van der Waals surface area contributed by atoms with Gasteiger partial charge in [0.25, 0.3) is 0 Å². The van der Waals surface area contributed by atoms with Crippen LogP contribution >= 0.6 is 0 Å². The number of carbonyl (C=O) groups is 1. The molecule has 1 fully saturated rings. The van der Waals surface area contributed by atoms with Crippen molar-refractivity contribution >= 4 is 5.97 Å². The monoisotopic (exact) mass is 156 g/mol. The number of hydrogen-bond donors (Lipinski definition) is 0. The molecule has 0 saturated carbocycles. The minimum atomic E-state index is -0.0218. The summed E-state index contributed by atoms with van der Waals surface area (Å²) in [6.07, 6.45) is 4.96. The molecule has 0 bridgehead atoms. The van der Waals surface area contributed by atoms with E-state index >= 15 is 0 Å². The second-order valence-electron chi connectivity index (χ2n) is 3.26. The first-order valence-corrected chi connectivity index (χ1v) is 4.46. The minimum Gasteiger partial charge on any atom is -0.461 e. The Balaban J connectivity index is 2.05. The highest BCUT2D eigenvalue weighted by Crippen LogP contribution is 2.25. The lowest BCUT2D eigenvalue weighted by Crippen LogP contribution is -2.42. The van der Waals surface area contributed by atoms with Crippen LogP contribution in [-0.2, 0) is 9.53 Å². The molecule has 2 atom stereocenters. The Bertz CT molecular complexity index is 142. The lowest BCUT2D eigenvalue weighted by atomic mass is 9.94.